The standard InChI is InChI=1S/C21H22O12/c22-6-15-17(28)18(29)19(30)21(33-15)32-14-5-9-10(24)3-8(23)4-13(9)31-20(14)7-1-11(25)16(27)12(26)2-7/h1-5,15,17-30H,6H2/p+1/t15-,17+,18+,19-,20?,21-/m1/s1. The number of phenolic OH excluding ortho intramolecular Hbond substituents is 5. The maximum atomic E-state index is 10.3. The average Bonchev–Trinajstić information content (AvgIpc) is 2.77. The molecule has 1 saturated heterocycles. The Balaban J connectivity index is 1.76. The van der Waals surface area contributed by atoms with E-state index in [-0.39, 0.29) is 34.1 Å². The number of phenols is 5. The minimum atomic E-state index is -1.74. The topological polar surface area (TPSA) is 213 Å². The highest BCUT2D eigenvalue weighted by Gasteiger charge is 2.46. The summed E-state index contributed by atoms with van der Waals surface area (Å²) in [6, 6.07) is 4.51. The number of ether oxygens (including phenoxy) is 3. The molecule has 0 radical (unpaired) electrons. The molecular weight excluding hydrogens is 444 g/mol. The number of fused-ring (bicyclic) bond motifs is 1. The van der Waals surface area contributed by atoms with Crippen molar-refractivity contribution in [1.29, 1.82) is 0 Å². The number of hydrogen-bond acceptors (Lipinski definition) is 11. The van der Waals surface area contributed by atoms with Crippen molar-refractivity contribution in [1.82, 2.24) is 0 Å². The van der Waals surface area contributed by atoms with Crippen molar-refractivity contribution in [2.45, 2.75) is 36.8 Å². The first-order valence-corrected chi connectivity index (χ1v) is 9.81. The molecular formula is C21H23O12+. The highest BCUT2D eigenvalue weighted by atomic mass is 16.7. The van der Waals surface area contributed by atoms with E-state index in [9.17, 15) is 46.0 Å². The van der Waals surface area contributed by atoms with Crippen LogP contribution in [0.4, 0.5) is 0 Å². The minimum absolute atomic E-state index is 0.0858. The molecule has 0 aromatic heterocycles. The predicted molar refractivity (Wildman–Crippen MR) is 108 cm³/mol. The Kier molecular flexibility index (Phi) is 5.86. The second-order valence-electron chi connectivity index (χ2n) is 7.70. The zero-order valence-corrected chi connectivity index (χ0v) is 16.8. The van der Waals surface area contributed by atoms with Crippen LogP contribution >= 0.6 is 0 Å². The zero-order chi connectivity index (χ0) is 24.0. The number of rotatable bonds is 4. The van der Waals surface area contributed by atoms with Gasteiger partial charge in [-0.2, -0.15) is 0 Å². The molecule has 2 heterocycles. The quantitative estimate of drug-likeness (QED) is 0.204. The molecule has 2 aliphatic heterocycles. The molecule has 10 N–H and O–H groups in total. The molecule has 2 aromatic rings. The second kappa shape index (κ2) is 8.50. The Labute approximate surface area is 186 Å². The highest BCUT2D eigenvalue weighted by molar-refractivity contribution is 5.69. The van der Waals surface area contributed by atoms with E-state index in [1.54, 1.807) is 0 Å². The van der Waals surface area contributed by atoms with Crippen molar-refractivity contribution in [2.24, 2.45) is 0 Å². The molecule has 12 nitrogen and oxygen atoms in total. The first kappa shape index (κ1) is 22.8. The van der Waals surface area contributed by atoms with Gasteiger partial charge >= 0.3 is 0 Å². The van der Waals surface area contributed by atoms with Gasteiger partial charge in [0, 0.05) is 12.1 Å². The van der Waals surface area contributed by atoms with Gasteiger partial charge < -0.3 is 60.2 Å². The van der Waals surface area contributed by atoms with Gasteiger partial charge in [-0.3, -0.25) is 0 Å². The number of aliphatic hydroxyl groups is 5. The van der Waals surface area contributed by atoms with Crippen LogP contribution < -0.4 is 0 Å². The first-order valence-electron chi connectivity index (χ1n) is 9.81. The van der Waals surface area contributed by atoms with Crippen LogP contribution in [0.3, 0.4) is 0 Å². The number of hydrogen-bond donors (Lipinski definition) is 9. The summed E-state index contributed by atoms with van der Waals surface area (Å²) >= 11 is 0. The summed E-state index contributed by atoms with van der Waals surface area (Å²) in [6.45, 7) is -0.680. The lowest BCUT2D eigenvalue weighted by Crippen LogP contribution is -2.59. The highest BCUT2D eigenvalue weighted by Crippen LogP contribution is 2.47. The van der Waals surface area contributed by atoms with Crippen molar-refractivity contribution in [2.75, 3.05) is 6.61 Å². The second-order valence-corrected chi connectivity index (χ2v) is 7.70. The van der Waals surface area contributed by atoms with Crippen molar-refractivity contribution >= 4 is 6.08 Å². The Bertz CT molecular complexity index is 1060. The summed E-state index contributed by atoms with van der Waals surface area (Å²) in [5, 5.41) is 89.3. The van der Waals surface area contributed by atoms with Crippen LogP contribution in [0.25, 0.3) is 6.08 Å². The molecule has 33 heavy (non-hydrogen) atoms. The summed E-state index contributed by atoms with van der Waals surface area (Å²) < 4.78 is 15.5. The van der Waals surface area contributed by atoms with Gasteiger partial charge in [-0.15, -0.1) is 0 Å². The molecule has 2 aliphatic rings. The molecule has 0 bridgehead atoms. The van der Waals surface area contributed by atoms with Crippen molar-refractivity contribution < 1.29 is 60.2 Å². The molecule has 0 aliphatic carbocycles. The van der Waals surface area contributed by atoms with Gasteiger partial charge in [-0.05, 0) is 12.1 Å². The van der Waals surface area contributed by atoms with E-state index in [4.69, 9.17) is 9.47 Å². The first-order chi connectivity index (χ1) is 15.6. The number of benzene rings is 2. The van der Waals surface area contributed by atoms with E-state index in [0.29, 0.717) is 0 Å². The Morgan fingerprint density at radius 1 is 0.848 bits per heavy atom. The molecule has 0 amide bonds. The van der Waals surface area contributed by atoms with Gasteiger partial charge in [0.2, 0.25) is 6.29 Å². The van der Waals surface area contributed by atoms with Crippen LogP contribution in [-0.2, 0) is 9.47 Å². The summed E-state index contributed by atoms with van der Waals surface area (Å²) in [5.74, 6) is -2.65. The molecule has 6 atom stereocenters. The van der Waals surface area contributed by atoms with Crippen molar-refractivity contribution in [3.8, 4) is 34.5 Å². The number of aromatic hydroxyl groups is 6. The van der Waals surface area contributed by atoms with Crippen LogP contribution in [0.2, 0.25) is 0 Å². The Morgan fingerprint density at radius 3 is 2.15 bits per heavy atom. The fourth-order valence-corrected chi connectivity index (χ4v) is 3.71. The summed E-state index contributed by atoms with van der Waals surface area (Å²) in [6.07, 6.45) is -7.70. The molecule has 2 aromatic carbocycles. The van der Waals surface area contributed by atoms with Gasteiger partial charge in [-0.1, -0.05) is 0 Å². The van der Waals surface area contributed by atoms with E-state index in [1.165, 1.54) is 12.1 Å². The maximum Gasteiger partial charge on any atom is 0.270 e. The van der Waals surface area contributed by atoms with Crippen LogP contribution in [-0.4, -0.2) is 88.0 Å². The molecule has 0 saturated carbocycles. The van der Waals surface area contributed by atoms with E-state index in [2.05, 4.69) is 4.74 Å². The van der Waals surface area contributed by atoms with Gasteiger partial charge in [0.25, 0.3) is 11.9 Å². The largest absolute Gasteiger partial charge is 0.571 e. The fraction of sp³-hybridized carbons (Fsp3) is 0.333. The lowest BCUT2D eigenvalue weighted by Gasteiger charge is -2.40. The van der Waals surface area contributed by atoms with Gasteiger partial charge in [0.1, 0.15) is 41.5 Å². The summed E-state index contributed by atoms with van der Waals surface area (Å²) in [5.41, 5.74) is 0.253. The molecule has 0 spiro atoms. The molecule has 178 valence electrons. The van der Waals surface area contributed by atoms with E-state index in [0.717, 1.165) is 18.2 Å². The summed E-state index contributed by atoms with van der Waals surface area (Å²) in [4.78, 5) is 0. The van der Waals surface area contributed by atoms with E-state index < -0.39 is 60.7 Å². The molecule has 12 heteroatoms. The minimum Gasteiger partial charge on any atom is -0.571 e. The van der Waals surface area contributed by atoms with Crippen LogP contribution in [0.1, 0.15) is 17.2 Å². The lowest BCUT2D eigenvalue weighted by atomic mass is 9.98. The maximum absolute atomic E-state index is 10.3. The van der Waals surface area contributed by atoms with Gasteiger partial charge in [0.05, 0.1) is 18.2 Å². The monoisotopic (exact) mass is 467 g/mol. The van der Waals surface area contributed by atoms with E-state index >= 15 is 0 Å². The van der Waals surface area contributed by atoms with Crippen molar-refractivity contribution in [3.63, 3.8) is 0 Å². The third-order valence-electron chi connectivity index (χ3n) is 5.45. The van der Waals surface area contributed by atoms with E-state index in [1.807, 2.05) is 0 Å². The molecule has 1 unspecified atom stereocenters. The lowest BCUT2D eigenvalue weighted by molar-refractivity contribution is -0.295. The summed E-state index contributed by atoms with van der Waals surface area (Å²) in [7, 11) is 0. The normalized spacial score (nSPS) is 29.0. The van der Waals surface area contributed by atoms with Crippen LogP contribution in [0.5, 0.6) is 34.5 Å². The third kappa shape index (κ3) is 4.05. The average molecular weight is 467 g/mol. The van der Waals surface area contributed by atoms with Crippen LogP contribution in [0.15, 0.2) is 30.0 Å². The van der Waals surface area contributed by atoms with Crippen molar-refractivity contribution in [3.05, 3.63) is 41.2 Å². The third-order valence-corrected chi connectivity index (χ3v) is 5.45. The van der Waals surface area contributed by atoms with Gasteiger partial charge in [0.15, 0.2) is 23.0 Å². The Hall–Kier alpha value is -3.42. The van der Waals surface area contributed by atoms with Gasteiger partial charge in [-0.25, -0.2) is 0 Å². The van der Waals surface area contributed by atoms with Crippen LogP contribution in [0, 0.1) is 0 Å². The Morgan fingerprint density at radius 2 is 1.52 bits per heavy atom. The number of aliphatic hydroxyl groups excluding tert-OH is 4. The molecule has 4 rings (SSSR count). The molecule has 1 fully saturated rings. The smallest absolute Gasteiger partial charge is 0.270 e. The predicted octanol–water partition coefficient (Wildman–Crippen LogP) is -0.632. The SMILES string of the molecule is OC[C@H]1O[C@@H](OC2=Cc3c(O)cc(O)cc3[OH+]C2c2cc(O)c(O)c(O)c2)[C@H](O)[C@@H](O)[C@H]1O. The fourth-order valence-electron chi connectivity index (χ4n) is 3.71. The zero-order valence-electron chi connectivity index (χ0n) is 16.8.